The van der Waals surface area contributed by atoms with E-state index in [1.165, 1.54) is 18.2 Å². The standard InChI is InChI=1S/C14H20N2O3/c1-9(15)10-5-7-16(8-6-10)14(19)13-11(17)3-2-4-12(13)18/h2-4,9-10,17-18H,5-8,15H2,1H3. The van der Waals surface area contributed by atoms with Gasteiger partial charge in [-0.3, -0.25) is 4.79 Å². The molecule has 1 aliphatic rings. The molecule has 1 saturated heterocycles. The minimum atomic E-state index is -0.321. The van der Waals surface area contributed by atoms with Gasteiger partial charge in [-0.05, 0) is 37.8 Å². The molecule has 1 amide bonds. The number of hydrogen-bond donors (Lipinski definition) is 3. The number of nitrogens with two attached hydrogens (primary N) is 1. The van der Waals surface area contributed by atoms with Crippen molar-refractivity contribution in [1.29, 1.82) is 0 Å². The topological polar surface area (TPSA) is 86.8 Å². The van der Waals surface area contributed by atoms with Crippen LogP contribution in [0.3, 0.4) is 0 Å². The molecule has 0 aliphatic carbocycles. The van der Waals surface area contributed by atoms with E-state index in [1.54, 1.807) is 4.90 Å². The van der Waals surface area contributed by atoms with Crippen LogP contribution in [-0.4, -0.2) is 40.2 Å². The van der Waals surface area contributed by atoms with Crippen LogP contribution < -0.4 is 5.73 Å². The predicted molar refractivity (Wildman–Crippen MR) is 72.0 cm³/mol. The fraction of sp³-hybridized carbons (Fsp3) is 0.500. The number of likely N-dealkylation sites (tertiary alicyclic amines) is 1. The van der Waals surface area contributed by atoms with Crippen molar-refractivity contribution in [2.75, 3.05) is 13.1 Å². The number of phenols is 2. The van der Waals surface area contributed by atoms with E-state index < -0.39 is 0 Å². The highest BCUT2D eigenvalue weighted by Gasteiger charge is 2.28. The van der Waals surface area contributed by atoms with Gasteiger partial charge < -0.3 is 20.8 Å². The molecule has 104 valence electrons. The van der Waals surface area contributed by atoms with Crippen LogP contribution in [0.2, 0.25) is 0 Å². The molecule has 5 heteroatoms. The molecule has 1 aromatic rings. The van der Waals surface area contributed by atoms with E-state index in [4.69, 9.17) is 5.73 Å². The smallest absolute Gasteiger partial charge is 0.261 e. The van der Waals surface area contributed by atoms with E-state index >= 15 is 0 Å². The lowest BCUT2D eigenvalue weighted by atomic mass is 9.90. The number of amides is 1. The maximum absolute atomic E-state index is 12.3. The number of rotatable bonds is 2. The molecule has 1 fully saturated rings. The molecular formula is C14H20N2O3. The van der Waals surface area contributed by atoms with Gasteiger partial charge in [0.15, 0.2) is 0 Å². The summed E-state index contributed by atoms with van der Waals surface area (Å²) in [6, 6.07) is 4.45. The third-order valence-electron chi connectivity index (χ3n) is 3.80. The van der Waals surface area contributed by atoms with Crippen LogP contribution in [0.15, 0.2) is 18.2 Å². The second-order valence-electron chi connectivity index (χ2n) is 5.16. The average molecular weight is 264 g/mol. The summed E-state index contributed by atoms with van der Waals surface area (Å²) in [6.07, 6.45) is 1.72. The van der Waals surface area contributed by atoms with E-state index in [0.717, 1.165) is 12.8 Å². The van der Waals surface area contributed by atoms with Crippen LogP contribution in [0.1, 0.15) is 30.1 Å². The zero-order valence-corrected chi connectivity index (χ0v) is 11.0. The number of piperidine rings is 1. The van der Waals surface area contributed by atoms with Crippen LogP contribution in [-0.2, 0) is 0 Å². The monoisotopic (exact) mass is 264 g/mol. The quantitative estimate of drug-likeness (QED) is 0.751. The molecule has 1 heterocycles. The van der Waals surface area contributed by atoms with E-state index in [1.807, 2.05) is 6.92 Å². The largest absolute Gasteiger partial charge is 0.507 e. The summed E-state index contributed by atoms with van der Waals surface area (Å²) < 4.78 is 0. The maximum Gasteiger partial charge on any atom is 0.261 e. The molecule has 1 aromatic carbocycles. The minimum absolute atomic E-state index is 0.0123. The van der Waals surface area contributed by atoms with Crippen molar-refractivity contribution in [1.82, 2.24) is 4.90 Å². The Balaban J connectivity index is 2.10. The van der Waals surface area contributed by atoms with Gasteiger partial charge in [0.05, 0.1) is 0 Å². The van der Waals surface area contributed by atoms with Gasteiger partial charge in [-0.1, -0.05) is 6.07 Å². The van der Waals surface area contributed by atoms with Crippen molar-refractivity contribution < 1.29 is 15.0 Å². The molecule has 1 unspecified atom stereocenters. The van der Waals surface area contributed by atoms with Gasteiger partial charge in [-0.25, -0.2) is 0 Å². The van der Waals surface area contributed by atoms with Crippen LogP contribution in [0.4, 0.5) is 0 Å². The van der Waals surface area contributed by atoms with Gasteiger partial charge in [-0.2, -0.15) is 0 Å². The second-order valence-corrected chi connectivity index (χ2v) is 5.16. The van der Waals surface area contributed by atoms with Crippen molar-refractivity contribution in [3.05, 3.63) is 23.8 Å². The van der Waals surface area contributed by atoms with E-state index in [-0.39, 0.29) is 29.0 Å². The van der Waals surface area contributed by atoms with Crippen molar-refractivity contribution >= 4 is 5.91 Å². The molecule has 19 heavy (non-hydrogen) atoms. The Hall–Kier alpha value is -1.75. The van der Waals surface area contributed by atoms with Crippen molar-refractivity contribution in [3.63, 3.8) is 0 Å². The van der Waals surface area contributed by atoms with Crippen molar-refractivity contribution in [3.8, 4) is 11.5 Å². The Morgan fingerprint density at radius 3 is 2.32 bits per heavy atom. The summed E-state index contributed by atoms with van der Waals surface area (Å²) >= 11 is 0. The molecule has 4 N–H and O–H groups in total. The Kier molecular flexibility index (Phi) is 3.95. The molecular weight excluding hydrogens is 244 g/mol. The van der Waals surface area contributed by atoms with Crippen molar-refractivity contribution in [2.24, 2.45) is 11.7 Å². The number of carbonyl (C=O) groups is 1. The van der Waals surface area contributed by atoms with Crippen LogP contribution in [0.25, 0.3) is 0 Å². The highest BCUT2D eigenvalue weighted by atomic mass is 16.3. The summed E-state index contributed by atoms with van der Waals surface area (Å²) in [5.41, 5.74) is 5.85. The SMILES string of the molecule is CC(N)C1CCN(C(=O)c2c(O)cccc2O)CC1. The van der Waals surface area contributed by atoms with Gasteiger partial charge in [0.2, 0.25) is 0 Å². The van der Waals surface area contributed by atoms with E-state index in [2.05, 4.69) is 0 Å². The molecule has 1 aliphatic heterocycles. The summed E-state index contributed by atoms with van der Waals surface area (Å²) in [4.78, 5) is 14.0. The van der Waals surface area contributed by atoms with Crippen LogP contribution in [0.5, 0.6) is 11.5 Å². The first-order chi connectivity index (χ1) is 9.00. The molecule has 1 atom stereocenters. The van der Waals surface area contributed by atoms with Gasteiger partial charge in [0, 0.05) is 19.1 Å². The van der Waals surface area contributed by atoms with Crippen molar-refractivity contribution in [2.45, 2.75) is 25.8 Å². The number of nitrogens with zero attached hydrogens (tertiary/aromatic N) is 1. The van der Waals surface area contributed by atoms with Crippen LogP contribution in [0, 0.1) is 5.92 Å². The minimum Gasteiger partial charge on any atom is -0.507 e. The molecule has 0 saturated carbocycles. The Morgan fingerprint density at radius 1 is 1.32 bits per heavy atom. The number of aromatic hydroxyl groups is 2. The zero-order chi connectivity index (χ0) is 14.0. The Labute approximate surface area is 112 Å². The maximum atomic E-state index is 12.3. The Bertz CT molecular complexity index is 446. The lowest BCUT2D eigenvalue weighted by Gasteiger charge is -2.33. The second kappa shape index (κ2) is 5.48. The predicted octanol–water partition coefficient (Wildman–Crippen LogP) is 1.30. The molecule has 0 bridgehead atoms. The number of carbonyl (C=O) groups excluding carboxylic acids is 1. The first kappa shape index (κ1) is 13.7. The Morgan fingerprint density at radius 2 is 1.84 bits per heavy atom. The molecule has 0 aromatic heterocycles. The first-order valence-corrected chi connectivity index (χ1v) is 6.56. The first-order valence-electron chi connectivity index (χ1n) is 6.56. The number of hydrogen-bond acceptors (Lipinski definition) is 4. The molecule has 5 nitrogen and oxygen atoms in total. The van der Waals surface area contributed by atoms with Gasteiger partial charge in [-0.15, -0.1) is 0 Å². The number of phenolic OH excluding ortho intramolecular Hbond substituents is 2. The third kappa shape index (κ3) is 2.81. The number of benzene rings is 1. The molecule has 2 rings (SSSR count). The van der Waals surface area contributed by atoms with E-state index in [9.17, 15) is 15.0 Å². The summed E-state index contributed by atoms with van der Waals surface area (Å²) in [6.45, 7) is 3.20. The fourth-order valence-corrected chi connectivity index (χ4v) is 2.53. The summed E-state index contributed by atoms with van der Waals surface area (Å²) in [5.74, 6) is -0.251. The van der Waals surface area contributed by atoms with Gasteiger partial charge >= 0.3 is 0 Å². The average Bonchev–Trinajstić information content (AvgIpc) is 2.38. The fourth-order valence-electron chi connectivity index (χ4n) is 2.53. The molecule has 0 radical (unpaired) electrons. The highest BCUT2D eigenvalue weighted by molar-refractivity contribution is 5.99. The summed E-state index contributed by atoms with van der Waals surface area (Å²) in [5, 5.41) is 19.4. The lowest BCUT2D eigenvalue weighted by molar-refractivity contribution is 0.0675. The van der Waals surface area contributed by atoms with Gasteiger partial charge in [0.25, 0.3) is 5.91 Å². The summed E-state index contributed by atoms with van der Waals surface area (Å²) in [7, 11) is 0. The van der Waals surface area contributed by atoms with Gasteiger partial charge in [0.1, 0.15) is 17.1 Å². The molecule has 0 spiro atoms. The lowest BCUT2D eigenvalue weighted by Crippen LogP contribution is -2.42. The highest BCUT2D eigenvalue weighted by Crippen LogP contribution is 2.29. The van der Waals surface area contributed by atoms with Crippen LogP contribution >= 0.6 is 0 Å². The third-order valence-corrected chi connectivity index (χ3v) is 3.80. The van der Waals surface area contributed by atoms with E-state index in [0.29, 0.717) is 19.0 Å². The zero-order valence-electron chi connectivity index (χ0n) is 11.0. The normalized spacial score (nSPS) is 18.3.